The van der Waals surface area contributed by atoms with Crippen LogP contribution in [-0.2, 0) is 4.74 Å². The van der Waals surface area contributed by atoms with Crippen LogP contribution in [-0.4, -0.2) is 31.2 Å². The lowest BCUT2D eigenvalue weighted by Crippen LogP contribution is -2.44. The molecule has 1 atom stereocenters. The van der Waals surface area contributed by atoms with Crippen molar-refractivity contribution in [3.05, 3.63) is 33.3 Å². The second-order valence-electron chi connectivity index (χ2n) is 5.53. The van der Waals surface area contributed by atoms with E-state index in [1.807, 2.05) is 13.8 Å². The smallest absolute Gasteiger partial charge is 0.407 e. The van der Waals surface area contributed by atoms with Gasteiger partial charge < -0.3 is 15.4 Å². The number of alkyl carbamates (subject to hydrolysis) is 1. The highest BCUT2D eigenvalue weighted by molar-refractivity contribution is 9.10. The van der Waals surface area contributed by atoms with Crippen molar-refractivity contribution in [3.63, 3.8) is 0 Å². The molecule has 1 aromatic carbocycles. The lowest BCUT2D eigenvalue weighted by Gasteiger charge is -2.21. The Kier molecular flexibility index (Phi) is 8.41. The molecule has 1 aromatic rings. The normalized spacial score (nSPS) is 11.9. The zero-order valence-electron chi connectivity index (χ0n) is 13.5. The first-order valence-electron chi connectivity index (χ1n) is 7.50. The second kappa shape index (κ2) is 9.78. The maximum absolute atomic E-state index is 12.2. The molecule has 0 saturated heterocycles. The van der Waals surface area contributed by atoms with Gasteiger partial charge in [0.15, 0.2) is 0 Å². The summed E-state index contributed by atoms with van der Waals surface area (Å²) in [7, 11) is 0. The number of hydrogen-bond donors (Lipinski definition) is 2. The topological polar surface area (TPSA) is 67.4 Å². The van der Waals surface area contributed by atoms with Gasteiger partial charge in [-0.05, 0) is 37.5 Å². The third-order valence-electron chi connectivity index (χ3n) is 3.04. The molecule has 0 aliphatic carbocycles. The average molecular weight is 406 g/mol. The minimum Gasteiger partial charge on any atom is -0.450 e. The largest absolute Gasteiger partial charge is 0.450 e. The van der Waals surface area contributed by atoms with Crippen LogP contribution in [0, 0.1) is 5.92 Å². The van der Waals surface area contributed by atoms with E-state index in [1.165, 1.54) is 0 Å². The Morgan fingerprint density at radius 1 is 1.35 bits per heavy atom. The molecule has 0 fully saturated rings. The summed E-state index contributed by atoms with van der Waals surface area (Å²) in [4.78, 5) is 23.8. The quantitative estimate of drug-likeness (QED) is 0.720. The molecule has 5 nitrogen and oxygen atoms in total. The van der Waals surface area contributed by atoms with E-state index in [4.69, 9.17) is 16.3 Å². The van der Waals surface area contributed by atoms with Crippen LogP contribution < -0.4 is 10.6 Å². The monoisotopic (exact) mass is 404 g/mol. The van der Waals surface area contributed by atoms with Crippen molar-refractivity contribution in [1.82, 2.24) is 10.6 Å². The third kappa shape index (κ3) is 7.22. The van der Waals surface area contributed by atoms with Crippen molar-refractivity contribution in [2.75, 3.05) is 13.2 Å². The molecule has 0 aromatic heterocycles. The van der Waals surface area contributed by atoms with Crippen LogP contribution >= 0.6 is 27.5 Å². The summed E-state index contributed by atoms with van der Waals surface area (Å²) in [5, 5.41) is 5.94. The van der Waals surface area contributed by atoms with E-state index >= 15 is 0 Å². The summed E-state index contributed by atoms with van der Waals surface area (Å²) in [6.45, 7) is 6.46. The zero-order valence-corrected chi connectivity index (χ0v) is 15.8. The van der Waals surface area contributed by atoms with Gasteiger partial charge in [-0.3, -0.25) is 4.79 Å². The second-order valence-corrected chi connectivity index (χ2v) is 6.85. The first kappa shape index (κ1) is 19.8. The fraction of sp³-hybridized carbons (Fsp3) is 0.500. The number of carbonyl (C=O) groups is 2. The number of hydrogen-bond acceptors (Lipinski definition) is 3. The molecule has 0 heterocycles. The molecular weight excluding hydrogens is 384 g/mol. The molecule has 0 saturated carbocycles. The molecule has 0 bridgehead atoms. The summed E-state index contributed by atoms with van der Waals surface area (Å²) in [6.07, 6.45) is 0.252. The Labute approximate surface area is 150 Å². The van der Waals surface area contributed by atoms with E-state index in [1.54, 1.807) is 25.1 Å². The SMILES string of the molecule is CCOC(=O)NC(CNC(=O)c1ccc(Br)cc1Cl)CC(C)C. The summed E-state index contributed by atoms with van der Waals surface area (Å²) in [5.74, 6) is 0.0945. The molecular formula is C16H22BrClN2O3. The van der Waals surface area contributed by atoms with E-state index < -0.39 is 6.09 Å². The Morgan fingerprint density at radius 3 is 2.61 bits per heavy atom. The van der Waals surface area contributed by atoms with Crippen LogP contribution in [0.3, 0.4) is 0 Å². The van der Waals surface area contributed by atoms with Gasteiger partial charge in [-0.15, -0.1) is 0 Å². The van der Waals surface area contributed by atoms with Gasteiger partial charge >= 0.3 is 6.09 Å². The standard InChI is InChI=1S/C16H22BrClN2O3/c1-4-23-16(22)20-12(7-10(2)3)9-19-15(21)13-6-5-11(17)8-14(13)18/h5-6,8,10,12H,4,7,9H2,1-3H3,(H,19,21)(H,20,22). The van der Waals surface area contributed by atoms with Crippen molar-refractivity contribution in [2.45, 2.75) is 33.2 Å². The first-order chi connectivity index (χ1) is 10.8. The number of rotatable bonds is 7. The summed E-state index contributed by atoms with van der Waals surface area (Å²) >= 11 is 9.37. The van der Waals surface area contributed by atoms with Gasteiger partial charge in [0.25, 0.3) is 5.91 Å². The van der Waals surface area contributed by atoms with Crippen LogP contribution in [0.5, 0.6) is 0 Å². The molecule has 1 rings (SSSR count). The van der Waals surface area contributed by atoms with Gasteiger partial charge in [0, 0.05) is 17.1 Å². The third-order valence-corrected chi connectivity index (χ3v) is 3.84. The highest BCUT2D eigenvalue weighted by Crippen LogP contribution is 2.21. The minimum atomic E-state index is -0.478. The van der Waals surface area contributed by atoms with Crippen LogP contribution in [0.15, 0.2) is 22.7 Å². The highest BCUT2D eigenvalue weighted by Gasteiger charge is 2.17. The van der Waals surface area contributed by atoms with E-state index in [9.17, 15) is 9.59 Å². The molecule has 2 N–H and O–H groups in total. The molecule has 7 heteroatoms. The summed E-state index contributed by atoms with van der Waals surface area (Å²) < 4.78 is 5.69. The minimum absolute atomic E-state index is 0.202. The first-order valence-corrected chi connectivity index (χ1v) is 8.67. The Bertz CT molecular complexity index is 552. The van der Waals surface area contributed by atoms with Gasteiger partial charge in [-0.25, -0.2) is 4.79 Å². The maximum atomic E-state index is 12.2. The number of ether oxygens (including phenoxy) is 1. The van der Waals surface area contributed by atoms with Crippen LogP contribution in [0.25, 0.3) is 0 Å². The molecule has 0 aliphatic heterocycles. The summed E-state index contributed by atoms with van der Waals surface area (Å²) in [5.41, 5.74) is 0.397. The predicted octanol–water partition coefficient (Wildman–Crippen LogP) is 3.99. The zero-order chi connectivity index (χ0) is 17.4. The lowest BCUT2D eigenvalue weighted by atomic mass is 10.0. The van der Waals surface area contributed by atoms with Crippen LogP contribution in [0.1, 0.15) is 37.6 Å². The van der Waals surface area contributed by atoms with Gasteiger partial charge in [-0.2, -0.15) is 0 Å². The van der Waals surface area contributed by atoms with Crippen molar-refractivity contribution in [1.29, 1.82) is 0 Å². The number of amides is 2. The molecule has 0 spiro atoms. The summed E-state index contributed by atoms with van der Waals surface area (Å²) in [6, 6.07) is 4.87. The van der Waals surface area contributed by atoms with Gasteiger partial charge in [0.05, 0.1) is 17.2 Å². The van der Waals surface area contributed by atoms with Gasteiger partial charge in [0.2, 0.25) is 0 Å². The van der Waals surface area contributed by atoms with E-state index in [0.29, 0.717) is 29.7 Å². The average Bonchev–Trinajstić information content (AvgIpc) is 2.44. The maximum Gasteiger partial charge on any atom is 0.407 e. The fourth-order valence-corrected chi connectivity index (χ4v) is 2.85. The lowest BCUT2D eigenvalue weighted by molar-refractivity contribution is 0.0944. The van der Waals surface area contributed by atoms with Crippen molar-refractivity contribution in [3.8, 4) is 0 Å². The fourth-order valence-electron chi connectivity index (χ4n) is 2.09. The molecule has 0 aliphatic rings. The van der Waals surface area contributed by atoms with E-state index in [0.717, 1.165) is 10.9 Å². The molecule has 1 unspecified atom stereocenters. The van der Waals surface area contributed by atoms with Crippen LogP contribution in [0.4, 0.5) is 4.79 Å². The Morgan fingerprint density at radius 2 is 2.04 bits per heavy atom. The van der Waals surface area contributed by atoms with Crippen molar-refractivity contribution < 1.29 is 14.3 Å². The molecule has 0 radical (unpaired) electrons. The Hall–Kier alpha value is -1.27. The predicted molar refractivity (Wildman–Crippen MR) is 94.9 cm³/mol. The molecule has 128 valence electrons. The highest BCUT2D eigenvalue weighted by atomic mass is 79.9. The van der Waals surface area contributed by atoms with Crippen LogP contribution in [0.2, 0.25) is 5.02 Å². The number of benzene rings is 1. The van der Waals surface area contributed by atoms with E-state index in [-0.39, 0.29) is 11.9 Å². The molecule has 2 amide bonds. The van der Waals surface area contributed by atoms with Gasteiger partial charge in [-0.1, -0.05) is 41.4 Å². The van der Waals surface area contributed by atoms with Gasteiger partial charge in [0.1, 0.15) is 0 Å². The number of nitrogens with one attached hydrogen (secondary N) is 2. The number of carbonyl (C=O) groups excluding carboxylic acids is 2. The van der Waals surface area contributed by atoms with Crippen molar-refractivity contribution >= 4 is 39.5 Å². The molecule has 23 heavy (non-hydrogen) atoms. The van der Waals surface area contributed by atoms with Crippen molar-refractivity contribution in [2.24, 2.45) is 5.92 Å². The van der Waals surface area contributed by atoms with E-state index in [2.05, 4.69) is 26.6 Å². The number of halogens is 2. The Balaban J connectivity index is 2.65.